The molecule has 0 unspecified atom stereocenters. The smallest absolute Gasteiger partial charge is 0.311 e. The summed E-state index contributed by atoms with van der Waals surface area (Å²) in [5.74, 6) is -1.38. The third-order valence-corrected chi connectivity index (χ3v) is 5.07. The van der Waals surface area contributed by atoms with Crippen LogP contribution in [-0.2, 0) is 14.3 Å². The van der Waals surface area contributed by atoms with E-state index in [9.17, 15) is 14.4 Å². The fourth-order valence-corrected chi connectivity index (χ4v) is 3.60. The highest BCUT2D eigenvalue weighted by Crippen LogP contribution is 2.30. The van der Waals surface area contributed by atoms with Crippen molar-refractivity contribution in [2.75, 3.05) is 20.2 Å². The lowest BCUT2D eigenvalue weighted by molar-refractivity contribution is -0.147. The Hall–Kier alpha value is -3.41. The zero-order valence-electron chi connectivity index (χ0n) is 15.5. The molecule has 28 heavy (non-hydrogen) atoms. The van der Waals surface area contributed by atoms with Crippen LogP contribution in [0.4, 0.5) is 0 Å². The molecule has 142 valence electrons. The molecule has 0 aliphatic carbocycles. The highest BCUT2D eigenvalue weighted by atomic mass is 16.5. The van der Waals surface area contributed by atoms with E-state index < -0.39 is 11.9 Å². The number of para-hydroxylation sites is 1. The average molecular weight is 376 g/mol. The number of H-pyrrole nitrogens is 1. The fourth-order valence-electron chi connectivity index (χ4n) is 3.60. The molecule has 0 radical (unpaired) electrons. The van der Waals surface area contributed by atoms with Crippen molar-refractivity contribution in [1.82, 2.24) is 9.88 Å². The third-order valence-electron chi connectivity index (χ3n) is 5.07. The molecule has 1 amide bonds. The number of rotatable bonds is 5. The number of hydrogen-bond donors (Lipinski definition) is 1. The second kappa shape index (κ2) is 7.31. The first-order valence-electron chi connectivity index (χ1n) is 9.14. The van der Waals surface area contributed by atoms with E-state index in [-0.39, 0.29) is 24.7 Å². The number of ketones is 1. The largest absolute Gasteiger partial charge is 0.457 e. The lowest BCUT2D eigenvalue weighted by Gasteiger charge is -2.10. The number of fused-ring (bicyclic) bond motifs is 1. The fraction of sp³-hybridized carbons (Fsp3) is 0.227. The van der Waals surface area contributed by atoms with Gasteiger partial charge in [-0.15, -0.1) is 0 Å². The van der Waals surface area contributed by atoms with Crippen LogP contribution in [0.5, 0.6) is 0 Å². The molecule has 1 atom stereocenters. The lowest BCUT2D eigenvalue weighted by atomic mass is 10.0. The van der Waals surface area contributed by atoms with Gasteiger partial charge in [0, 0.05) is 30.9 Å². The predicted molar refractivity (Wildman–Crippen MR) is 105 cm³/mol. The summed E-state index contributed by atoms with van der Waals surface area (Å²) < 4.78 is 5.27. The van der Waals surface area contributed by atoms with Crippen molar-refractivity contribution in [3.05, 3.63) is 60.2 Å². The third kappa shape index (κ3) is 3.29. The number of ether oxygens (including phenoxy) is 1. The summed E-state index contributed by atoms with van der Waals surface area (Å²) in [7, 11) is 1.65. The van der Waals surface area contributed by atoms with Crippen LogP contribution >= 0.6 is 0 Å². The Morgan fingerprint density at radius 2 is 1.82 bits per heavy atom. The van der Waals surface area contributed by atoms with Gasteiger partial charge in [0.05, 0.1) is 17.2 Å². The van der Waals surface area contributed by atoms with Gasteiger partial charge in [-0.05, 0) is 11.6 Å². The van der Waals surface area contributed by atoms with Gasteiger partial charge in [0.1, 0.15) is 0 Å². The van der Waals surface area contributed by atoms with E-state index in [1.807, 2.05) is 54.6 Å². The van der Waals surface area contributed by atoms with E-state index in [4.69, 9.17) is 4.74 Å². The SMILES string of the molecule is CN1C[C@@H](C(=O)OCC(=O)c2c(-c3ccccc3)[nH]c3ccccc23)CC1=O. The molecule has 1 aliphatic rings. The van der Waals surface area contributed by atoms with Gasteiger partial charge < -0.3 is 14.6 Å². The predicted octanol–water partition coefficient (Wildman–Crippen LogP) is 3.04. The zero-order chi connectivity index (χ0) is 19.7. The first-order valence-corrected chi connectivity index (χ1v) is 9.14. The quantitative estimate of drug-likeness (QED) is 0.548. The molecular weight excluding hydrogens is 356 g/mol. The number of aromatic nitrogens is 1. The summed E-state index contributed by atoms with van der Waals surface area (Å²) in [5.41, 5.74) is 2.95. The van der Waals surface area contributed by atoms with Crippen LogP contribution in [0.15, 0.2) is 54.6 Å². The second-order valence-corrected chi connectivity index (χ2v) is 6.99. The highest BCUT2D eigenvalue weighted by Gasteiger charge is 2.33. The number of carbonyl (C=O) groups excluding carboxylic acids is 3. The van der Waals surface area contributed by atoms with Gasteiger partial charge in [0.25, 0.3) is 0 Å². The van der Waals surface area contributed by atoms with Gasteiger partial charge in [0.2, 0.25) is 11.7 Å². The van der Waals surface area contributed by atoms with Crippen molar-refractivity contribution < 1.29 is 19.1 Å². The van der Waals surface area contributed by atoms with Crippen LogP contribution in [0.25, 0.3) is 22.2 Å². The van der Waals surface area contributed by atoms with E-state index in [1.54, 1.807) is 7.05 Å². The van der Waals surface area contributed by atoms with Gasteiger partial charge in [-0.3, -0.25) is 14.4 Å². The van der Waals surface area contributed by atoms with Crippen LogP contribution in [0, 0.1) is 5.92 Å². The van der Waals surface area contributed by atoms with Crippen molar-refractivity contribution in [1.29, 1.82) is 0 Å². The van der Waals surface area contributed by atoms with Gasteiger partial charge in [-0.2, -0.15) is 0 Å². The average Bonchev–Trinajstić information content (AvgIpc) is 3.27. The Balaban J connectivity index is 1.59. The van der Waals surface area contributed by atoms with Crippen molar-refractivity contribution in [2.24, 2.45) is 5.92 Å². The maximum atomic E-state index is 13.0. The zero-order valence-corrected chi connectivity index (χ0v) is 15.5. The molecule has 1 fully saturated rings. The molecule has 6 heteroatoms. The van der Waals surface area contributed by atoms with Crippen LogP contribution in [0.1, 0.15) is 16.8 Å². The number of nitrogens with one attached hydrogen (secondary N) is 1. The van der Waals surface area contributed by atoms with Crippen LogP contribution < -0.4 is 0 Å². The number of hydrogen-bond acceptors (Lipinski definition) is 4. The Morgan fingerprint density at radius 1 is 1.11 bits per heavy atom. The maximum Gasteiger partial charge on any atom is 0.311 e. The lowest BCUT2D eigenvalue weighted by Crippen LogP contribution is -2.24. The van der Waals surface area contributed by atoms with Crippen molar-refractivity contribution in [2.45, 2.75) is 6.42 Å². The molecule has 4 rings (SSSR count). The molecule has 0 spiro atoms. The first-order chi connectivity index (χ1) is 13.5. The molecule has 0 saturated carbocycles. The number of Topliss-reactive ketones (excluding diaryl/α,β-unsaturated/α-hetero) is 1. The number of benzene rings is 2. The Kier molecular flexibility index (Phi) is 4.69. The highest BCUT2D eigenvalue weighted by molar-refractivity contribution is 6.14. The monoisotopic (exact) mass is 376 g/mol. The van der Waals surface area contributed by atoms with Crippen molar-refractivity contribution in [3.8, 4) is 11.3 Å². The minimum atomic E-state index is -0.512. The molecule has 2 heterocycles. The summed E-state index contributed by atoms with van der Waals surface area (Å²) in [6.45, 7) is -0.0247. The summed E-state index contributed by atoms with van der Waals surface area (Å²) in [4.78, 5) is 41.7. The van der Waals surface area contributed by atoms with Crippen LogP contribution in [0.3, 0.4) is 0 Å². The maximum absolute atomic E-state index is 13.0. The van der Waals surface area contributed by atoms with Gasteiger partial charge in [0.15, 0.2) is 6.61 Å². The number of carbonyl (C=O) groups is 3. The topological polar surface area (TPSA) is 79.5 Å². The number of amides is 1. The Morgan fingerprint density at radius 3 is 2.54 bits per heavy atom. The second-order valence-electron chi connectivity index (χ2n) is 6.99. The van der Waals surface area contributed by atoms with Crippen molar-refractivity contribution in [3.63, 3.8) is 0 Å². The van der Waals surface area contributed by atoms with E-state index in [0.29, 0.717) is 17.8 Å². The minimum Gasteiger partial charge on any atom is -0.457 e. The number of aromatic amines is 1. The molecule has 1 aromatic heterocycles. The first kappa shape index (κ1) is 18.0. The number of esters is 1. The molecule has 2 aromatic carbocycles. The summed E-state index contributed by atoms with van der Waals surface area (Å²) in [5, 5.41) is 0.790. The van der Waals surface area contributed by atoms with E-state index in [1.165, 1.54) is 4.90 Å². The Labute approximate surface area is 162 Å². The minimum absolute atomic E-state index is 0.0868. The standard InChI is InChI=1S/C22H20N2O4/c1-24-12-15(11-19(24)26)22(27)28-13-18(25)20-16-9-5-6-10-17(16)23-21(20)14-7-3-2-4-8-14/h2-10,15,23H,11-13H2,1H3/t15-/m0/s1. The summed E-state index contributed by atoms with van der Waals surface area (Å²) >= 11 is 0. The van der Waals surface area contributed by atoms with Crippen LogP contribution in [-0.4, -0.2) is 47.7 Å². The molecular formula is C22H20N2O4. The van der Waals surface area contributed by atoms with Gasteiger partial charge >= 0.3 is 5.97 Å². The van der Waals surface area contributed by atoms with E-state index in [2.05, 4.69) is 4.98 Å². The van der Waals surface area contributed by atoms with Crippen molar-refractivity contribution >= 4 is 28.6 Å². The molecule has 1 N–H and O–H groups in total. The van der Waals surface area contributed by atoms with Crippen LogP contribution in [0.2, 0.25) is 0 Å². The number of likely N-dealkylation sites (tertiary alicyclic amines) is 1. The summed E-state index contributed by atoms with van der Waals surface area (Å²) in [6, 6.07) is 17.1. The molecule has 1 aliphatic heterocycles. The molecule has 6 nitrogen and oxygen atoms in total. The van der Waals surface area contributed by atoms with E-state index >= 15 is 0 Å². The Bertz CT molecular complexity index is 1050. The molecule has 1 saturated heterocycles. The molecule has 3 aromatic rings. The summed E-state index contributed by atoms with van der Waals surface area (Å²) in [6.07, 6.45) is 0.131. The normalized spacial score (nSPS) is 16.5. The van der Waals surface area contributed by atoms with Gasteiger partial charge in [-0.25, -0.2) is 0 Å². The number of nitrogens with zero attached hydrogens (tertiary/aromatic N) is 1. The van der Waals surface area contributed by atoms with E-state index in [0.717, 1.165) is 16.5 Å². The van der Waals surface area contributed by atoms with Gasteiger partial charge in [-0.1, -0.05) is 48.5 Å². The molecule has 0 bridgehead atoms.